The summed E-state index contributed by atoms with van der Waals surface area (Å²) in [7, 11) is 0. The topological polar surface area (TPSA) is 30.5 Å². The molecule has 2 heterocycles. The highest BCUT2D eigenvalue weighted by molar-refractivity contribution is 5.50. The minimum Gasteiger partial charge on any atom is -0.486 e. The Morgan fingerprint density at radius 1 is 1.15 bits per heavy atom. The molecule has 0 amide bonds. The quantitative estimate of drug-likeness (QED) is 0.896. The third-order valence-corrected chi connectivity index (χ3v) is 4.15. The fraction of sp³-hybridized carbons (Fsp3) is 0.647. The van der Waals surface area contributed by atoms with E-state index in [1.54, 1.807) is 0 Å². The van der Waals surface area contributed by atoms with Crippen LogP contribution in [-0.2, 0) is 6.42 Å². The van der Waals surface area contributed by atoms with Crippen molar-refractivity contribution in [2.75, 3.05) is 19.8 Å². The van der Waals surface area contributed by atoms with Crippen LogP contribution in [0.1, 0.15) is 50.8 Å². The first-order valence-electron chi connectivity index (χ1n) is 7.69. The lowest BCUT2D eigenvalue weighted by atomic mass is 9.84. The summed E-state index contributed by atoms with van der Waals surface area (Å²) < 4.78 is 11.4. The van der Waals surface area contributed by atoms with Crippen LogP contribution in [0.3, 0.4) is 0 Å². The number of nitrogens with one attached hydrogen (secondary N) is 1. The van der Waals surface area contributed by atoms with Crippen LogP contribution in [0, 0.1) is 5.41 Å². The van der Waals surface area contributed by atoms with Gasteiger partial charge in [0.2, 0.25) is 0 Å². The Hall–Kier alpha value is -1.22. The molecular weight excluding hydrogens is 250 g/mol. The van der Waals surface area contributed by atoms with Crippen LogP contribution in [0.2, 0.25) is 0 Å². The largest absolute Gasteiger partial charge is 0.486 e. The standard InChI is InChI=1S/C17H25NO2/c1-17(2,3)6-4-14-13-11-16-15(19-8-9-20-16)10-12(13)5-7-18-14/h10-11,14,18H,4-9H2,1-3H3. The van der Waals surface area contributed by atoms with Gasteiger partial charge < -0.3 is 14.8 Å². The van der Waals surface area contributed by atoms with Gasteiger partial charge in [-0.3, -0.25) is 0 Å². The molecule has 0 aliphatic carbocycles. The van der Waals surface area contributed by atoms with Crippen LogP contribution in [0.25, 0.3) is 0 Å². The van der Waals surface area contributed by atoms with Crippen LogP contribution in [-0.4, -0.2) is 19.8 Å². The van der Waals surface area contributed by atoms with E-state index in [2.05, 4.69) is 38.2 Å². The molecule has 0 aromatic heterocycles. The molecule has 3 nitrogen and oxygen atoms in total. The van der Waals surface area contributed by atoms with E-state index in [0.717, 1.165) is 24.5 Å². The van der Waals surface area contributed by atoms with Crippen molar-refractivity contribution in [2.24, 2.45) is 5.41 Å². The van der Waals surface area contributed by atoms with Crippen molar-refractivity contribution in [3.63, 3.8) is 0 Å². The van der Waals surface area contributed by atoms with Gasteiger partial charge in [-0.2, -0.15) is 0 Å². The highest BCUT2D eigenvalue weighted by Gasteiger charge is 2.25. The smallest absolute Gasteiger partial charge is 0.161 e. The molecule has 1 unspecified atom stereocenters. The highest BCUT2D eigenvalue weighted by atomic mass is 16.6. The first-order valence-corrected chi connectivity index (χ1v) is 7.69. The van der Waals surface area contributed by atoms with Crippen molar-refractivity contribution < 1.29 is 9.47 Å². The molecule has 3 heteroatoms. The predicted molar refractivity (Wildman–Crippen MR) is 80.6 cm³/mol. The Bertz CT molecular complexity index is 490. The summed E-state index contributed by atoms with van der Waals surface area (Å²) in [5.74, 6) is 1.84. The Morgan fingerprint density at radius 2 is 1.85 bits per heavy atom. The molecule has 0 radical (unpaired) electrons. The number of hydrogen-bond donors (Lipinski definition) is 1. The molecule has 0 saturated carbocycles. The first kappa shape index (κ1) is 13.7. The summed E-state index contributed by atoms with van der Waals surface area (Å²) in [6.45, 7) is 9.30. The van der Waals surface area contributed by atoms with E-state index in [9.17, 15) is 0 Å². The number of rotatable bonds is 2. The molecule has 110 valence electrons. The Labute approximate surface area is 121 Å². The molecule has 3 rings (SSSR count). The van der Waals surface area contributed by atoms with Crippen molar-refractivity contribution in [3.05, 3.63) is 23.3 Å². The average molecular weight is 275 g/mol. The zero-order chi connectivity index (χ0) is 14.2. The second-order valence-electron chi connectivity index (χ2n) is 7.05. The van der Waals surface area contributed by atoms with Gasteiger partial charge in [-0.05, 0) is 54.5 Å². The van der Waals surface area contributed by atoms with Gasteiger partial charge in [0.1, 0.15) is 13.2 Å². The zero-order valence-electron chi connectivity index (χ0n) is 12.8. The highest BCUT2D eigenvalue weighted by Crippen LogP contribution is 2.39. The number of hydrogen-bond acceptors (Lipinski definition) is 3. The molecule has 1 atom stereocenters. The minimum atomic E-state index is 0.382. The summed E-state index contributed by atoms with van der Waals surface area (Å²) in [4.78, 5) is 0. The molecular formula is C17H25NO2. The van der Waals surface area contributed by atoms with E-state index in [1.165, 1.54) is 24.0 Å². The van der Waals surface area contributed by atoms with Gasteiger partial charge in [0, 0.05) is 6.04 Å². The second kappa shape index (κ2) is 5.28. The molecule has 2 aliphatic heterocycles. The van der Waals surface area contributed by atoms with Gasteiger partial charge in [0.15, 0.2) is 11.5 Å². The van der Waals surface area contributed by atoms with Gasteiger partial charge in [-0.25, -0.2) is 0 Å². The van der Waals surface area contributed by atoms with Crippen molar-refractivity contribution in [3.8, 4) is 11.5 Å². The number of fused-ring (bicyclic) bond motifs is 2. The average Bonchev–Trinajstić information content (AvgIpc) is 2.42. The van der Waals surface area contributed by atoms with Crippen molar-refractivity contribution in [1.82, 2.24) is 5.32 Å². The van der Waals surface area contributed by atoms with E-state index in [1.807, 2.05) is 0 Å². The maximum Gasteiger partial charge on any atom is 0.161 e. The van der Waals surface area contributed by atoms with E-state index in [0.29, 0.717) is 24.7 Å². The number of ether oxygens (including phenoxy) is 2. The summed E-state index contributed by atoms with van der Waals surface area (Å²) in [5, 5.41) is 3.66. The zero-order valence-corrected chi connectivity index (χ0v) is 12.8. The minimum absolute atomic E-state index is 0.382. The molecule has 0 spiro atoms. The molecule has 0 bridgehead atoms. The monoisotopic (exact) mass is 275 g/mol. The molecule has 20 heavy (non-hydrogen) atoms. The van der Waals surface area contributed by atoms with Crippen molar-refractivity contribution in [1.29, 1.82) is 0 Å². The van der Waals surface area contributed by atoms with Crippen molar-refractivity contribution >= 4 is 0 Å². The van der Waals surface area contributed by atoms with E-state index in [-0.39, 0.29) is 0 Å². The summed E-state index contributed by atoms with van der Waals surface area (Å²) in [6, 6.07) is 4.84. The van der Waals surface area contributed by atoms with Crippen LogP contribution in [0.4, 0.5) is 0 Å². The van der Waals surface area contributed by atoms with Gasteiger partial charge in [-0.15, -0.1) is 0 Å². The second-order valence-corrected chi connectivity index (χ2v) is 7.05. The lowest BCUT2D eigenvalue weighted by Crippen LogP contribution is -2.31. The molecule has 0 fully saturated rings. The maximum atomic E-state index is 5.73. The molecule has 1 aromatic rings. The number of benzene rings is 1. The summed E-state index contributed by atoms with van der Waals surface area (Å²) >= 11 is 0. The molecule has 2 aliphatic rings. The lowest BCUT2D eigenvalue weighted by molar-refractivity contribution is 0.170. The maximum absolute atomic E-state index is 5.73. The Morgan fingerprint density at radius 3 is 2.55 bits per heavy atom. The van der Waals surface area contributed by atoms with Gasteiger partial charge in [-0.1, -0.05) is 20.8 Å². The SMILES string of the molecule is CC(C)(C)CCC1NCCc2cc3c(cc21)OCCO3. The molecule has 1 N–H and O–H groups in total. The van der Waals surface area contributed by atoms with E-state index >= 15 is 0 Å². The Balaban J connectivity index is 1.84. The van der Waals surface area contributed by atoms with Gasteiger partial charge in [0.25, 0.3) is 0 Å². The van der Waals surface area contributed by atoms with Crippen LogP contribution < -0.4 is 14.8 Å². The normalized spacial score (nSPS) is 21.4. The van der Waals surface area contributed by atoms with E-state index in [4.69, 9.17) is 9.47 Å². The van der Waals surface area contributed by atoms with Crippen LogP contribution in [0.5, 0.6) is 11.5 Å². The van der Waals surface area contributed by atoms with Crippen LogP contribution in [0.15, 0.2) is 12.1 Å². The molecule has 0 saturated heterocycles. The Kier molecular flexibility index (Phi) is 3.63. The van der Waals surface area contributed by atoms with E-state index < -0.39 is 0 Å². The summed E-state index contributed by atoms with van der Waals surface area (Å²) in [5.41, 5.74) is 3.21. The fourth-order valence-electron chi connectivity index (χ4n) is 3.01. The van der Waals surface area contributed by atoms with Crippen LogP contribution >= 0.6 is 0 Å². The lowest BCUT2D eigenvalue weighted by Gasteiger charge is -2.31. The van der Waals surface area contributed by atoms with Crippen molar-refractivity contribution in [2.45, 2.75) is 46.1 Å². The third kappa shape index (κ3) is 2.93. The predicted octanol–water partition coefficient (Wildman–Crippen LogP) is 3.47. The molecule has 1 aromatic carbocycles. The fourth-order valence-corrected chi connectivity index (χ4v) is 3.01. The van der Waals surface area contributed by atoms with Gasteiger partial charge in [0.05, 0.1) is 0 Å². The van der Waals surface area contributed by atoms with Gasteiger partial charge >= 0.3 is 0 Å². The first-order chi connectivity index (χ1) is 9.53. The summed E-state index contributed by atoms with van der Waals surface area (Å²) in [6.07, 6.45) is 3.48. The third-order valence-electron chi connectivity index (χ3n) is 4.15.